The Labute approximate surface area is 200 Å². The van der Waals surface area contributed by atoms with E-state index in [2.05, 4.69) is 11.8 Å². The number of halogens is 5. The second kappa shape index (κ2) is 9.57. The fourth-order valence-corrected chi connectivity index (χ4v) is 4.23. The largest absolute Gasteiger partial charge is 0.417 e. The average Bonchev–Trinajstić information content (AvgIpc) is 3.29. The number of nitriles is 1. The number of thiophene rings is 1. The molecule has 0 atom stereocenters. The van der Waals surface area contributed by atoms with Crippen LogP contribution >= 0.6 is 11.3 Å². The lowest BCUT2D eigenvalue weighted by atomic mass is 10.1. The third-order valence-electron chi connectivity index (χ3n) is 5.04. The van der Waals surface area contributed by atoms with E-state index in [-0.39, 0.29) is 16.1 Å². The van der Waals surface area contributed by atoms with Crippen LogP contribution in [0.2, 0.25) is 0 Å². The molecule has 3 nitrogen and oxygen atoms in total. The maximum Gasteiger partial charge on any atom is 0.417 e. The minimum Gasteiger partial charge on any atom is -0.302 e. The van der Waals surface area contributed by atoms with Crippen LogP contribution in [0.25, 0.3) is 10.6 Å². The molecule has 174 valence electrons. The monoisotopic (exact) mass is 496 g/mol. The van der Waals surface area contributed by atoms with Crippen molar-refractivity contribution in [2.75, 3.05) is 0 Å². The van der Waals surface area contributed by atoms with Crippen LogP contribution in [0, 0.1) is 34.8 Å². The molecule has 0 bridgehead atoms. The predicted octanol–water partition coefficient (Wildman–Crippen LogP) is 6.19. The summed E-state index contributed by atoms with van der Waals surface area (Å²) in [6.45, 7) is -0.504. The highest BCUT2D eigenvalue weighted by atomic mass is 32.1. The van der Waals surface area contributed by atoms with E-state index < -0.39 is 41.0 Å². The van der Waals surface area contributed by atoms with Gasteiger partial charge in [-0.05, 0) is 30.3 Å². The van der Waals surface area contributed by atoms with Gasteiger partial charge < -0.3 is 4.57 Å². The molecule has 0 aliphatic rings. The lowest BCUT2D eigenvalue weighted by molar-refractivity contribution is -0.137. The minimum absolute atomic E-state index is 0.126. The number of benzene rings is 2. The first-order valence-corrected chi connectivity index (χ1v) is 10.9. The molecule has 4 aromatic rings. The van der Waals surface area contributed by atoms with Crippen LogP contribution in [0.5, 0.6) is 0 Å². The summed E-state index contributed by atoms with van der Waals surface area (Å²) >= 11 is 1.04. The zero-order valence-corrected chi connectivity index (χ0v) is 18.5. The predicted molar refractivity (Wildman–Crippen MR) is 122 cm³/mol. The van der Waals surface area contributed by atoms with E-state index in [9.17, 15) is 32.0 Å². The molecule has 0 aliphatic heterocycles. The van der Waals surface area contributed by atoms with Crippen LogP contribution in [0.15, 0.2) is 70.8 Å². The van der Waals surface area contributed by atoms with E-state index in [0.29, 0.717) is 17.7 Å². The molecule has 9 heteroatoms. The number of hydrogen-bond acceptors (Lipinski definition) is 3. The number of hydrogen-bond donors (Lipinski definition) is 0. The molecule has 0 amide bonds. The molecule has 0 saturated heterocycles. The van der Waals surface area contributed by atoms with E-state index in [1.165, 1.54) is 12.1 Å². The third-order valence-corrected chi connectivity index (χ3v) is 5.99. The summed E-state index contributed by atoms with van der Waals surface area (Å²) < 4.78 is 69.5. The first-order chi connectivity index (χ1) is 16.7. The normalized spacial score (nSPS) is 11.0. The molecular formula is C26H13F5N2OS. The van der Waals surface area contributed by atoms with Gasteiger partial charge in [0.1, 0.15) is 23.3 Å². The van der Waals surface area contributed by atoms with Gasteiger partial charge in [-0.25, -0.2) is 8.78 Å². The first kappa shape index (κ1) is 23.9. The minimum atomic E-state index is -4.97. The van der Waals surface area contributed by atoms with Crippen molar-refractivity contribution >= 4 is 11.3 Å². The number of pyridine rings is 1. The van der Waals surface area contributed by atoms with Gasteiger partial charge in [-0.1, -0.05) is 36.1 Å². The number of rotatable bonds is 3. The van der Waals surface area contributed by atoms with Crippen LogP contribution < -0.4 is 5.56 Å². The van der Waals surface area contributed by atoms with Gasteiger partial charge in [-0.2, -0.15) is 18.4 Å². The van der Waals surface area contributed by atoms with Gasteiger partial charge in [0.2, 0.25) is 0 Å². The van der Waals surface area contributed by atoms with Gasteiger partial charge in [-0.3, -0.25) is 4.79 Å². The summed E-state index contributed by atoms with van der Waals surface area (Å²) in [4.78, 5) is 13.2. The highest BCUT2D eigenvalue weighted by molar-refractivity contribution is 7.13. The molecule has 0 fully saturated rings. The van der Waals surface area contributed by atoms with Crippen LogP contribution in [0.3, 0.4) is 0 Å². The van der Waals surface area contributed by atoms with Gasteiger partial charge in [0.05, 0.1) is 22.7 Å². The van der Waals surface area contributed by atoms with Crippen molar-refractivity contribution in [3.8, 4) is 28.5 Å². The lowest BCUT2D eigenvalue weighted by Gasteiger charge is -2.17. The zero-order valence-electron chi connectivity index (χ0n) is 17.7. The Morgan fingerprint density at radius 1 is 0.943 bits per heavy atom. The van der Waals surface area contributed by atoms with Crippen LogP contribution in [-0.4, -0.2) is 4.57 Å². The second-order valence-electron chi connectivity index (χ2n) is 7.37. The van der Waals surface area contributed by atoms with E-state index in [1.54, 1.807) is 17.5 Å². The topological polar surface area (TPSA) is 45.8 Å². The summed E-state index contributed by atoms with van der Waals surface area (Å²) in [6.07, 6.45) is -4.97. The van der Waals surface area contributed by atoms with Crippen LogP contribution in [0.1, 0.15) is 27.8 Å². The maximum atomic E-state index is 14.3. The Bertz CT molecular complexity index is 1570. The summed E-state index contributed by atoms with van der Waals surface area (Å²) in [5.41, 5.74) is -2.78. The molecule has 0 saturated carbocycles. The van der Waals surface area contributed by atoms with E-state index >= 15 is 0 Å². The summed E-state index contributed by atoms with van der Waals surface area (Å²) in [5, 5.41) is 10.9. The lowest BCUT2D eigenvalue weighted by Crippen LogP contribution is -2.28. The summed E-state index contributed by atoms with van der Waals surface area (Å²) in [6, 6.07) is 15.3. The number of alkyl halides is 3. The second-order valence-corrected chi connectivity index (χ2v) is 8.28. The molecule has 0 aliphatic carbocycles. The van der Waals surface area contributed by atoms with Crippen molar-refractivity contribution in [1.82, 2.24) is 4.57 Å². The van der Waals surface area contributed by atoms with E-state index in [0.717, 1.165) is 33.6 Å². The van der Waals surface area contributed by atoms with Crippen molar-refractivity contribution in [2.45, 2.75) is 12.7 Å². The quantitative estimate of drug-likeness (QED) is 0.251. The molecule has 35 heavy (non-hydrogen) atoms. The van der Waals surface area contributed by atoms with Crippen molar-refractivity contribution in [1.29, 1.82) is 5.26 Å². The summed E-state index contributed by atoms with van der Waals surface area (Å²) in [5.74, 6) is 4.04. The Balaban J connectivity index is 1.87. The Morgan fingerprint density at radius 3 is 2.31 bits per heavy atom. The average molecular weight is 496 g/mol. The zero-order chi connectivity index (χ0) is 25.2. The molecule has 2 aromatic carbocycles. The highest BCUT2D eigenvalue weighted by Gasteiger charge is 2.36. The molecule has 0 radical (unpaired) electrons. The molecule has 2 heterocycles. The molecule has 0 unspecified atom stereocenters. The Kier molecular flexibility index (Phi) is 6.54. The Morgan fingerprint density at radius 2 is 1.66 bits per heavy atom. The molecule has 4 rings (SSSR count). The van der Waals surface area contributed by atoms with Gasteiger partial charge in [-0.15, -0.1) is 11.3 Å². The fourth-order valence-electron chi connectivity index (χ4n) is 3.36. The van der Waals surface area contributed by atoms with Crippen molar-refractivity contribution in [3.63, 3.8) is 0 Å². The van der Waals surface area contributed by atoms with Crippen molar-refractivity contribution < 1.29 is 22.0 Å². The maximum absolute atomic E-state index is 14.3. The first-order valence-electron chi connectivity index (χ1n) is 10.0. The van der Waals surface area contributed by atoms with Gasteiger partial charge in [0.25, 0.3) is 5.56 Å². The summed E-state index contributed by atoms with van der Waals surface area (Å²) in [7, 11) is 0. The van der Waals surface area contributed by atoms with Crippen molar-refractivity contribution in [3.05, 3.63) is 116 Å². The molecule has 0 spiro atoms. The van der Waals surface area contributed by atoms with Crippen molar-refractivity contribution in [2.24, 2.45) is 0 Å². The SMILES string of the molecule is N#Cc1c(C(F)(F)F)cc(-c2cc(C#Cc3ccccc3)cs2)n(Cc2ccc(F)cc2F)c1=O. The van der Waals surface area contributed by atoms with Crippen LogP contribution in [0.4, 0.5) is 22.0 Å². The number of nitrogens with zero attached hydrogens (tertiary/aromatic N) is 2. The number of aromatic nitrogens is 1. The van der Waals surface area contributed by atoms with E-state index in [4.69, 9.17) is 0 Å². The standard InChI is InChI=1S/C26H13F5N2OS/c27-19-9-8-18(22(28)11-19)14-33-23(12-21(26(29,30)31)20(13-32)25(33)34)24-10-17(15-35-24)7-6-16-4-2-1-3-5-16/h1-5,8-12,15H,14H2. The van der Waals surface area contributed by atoms with Gasteiger partial charge >= 0.3 is 6.18 Å². The van der Waals surface area contributed by atoms with Gasteiger partial charge in [0, 0.05) is 28.1 Å². The van der Waals surface area contributed by atoms with Crippen LogP contribution in [-0.2, 0) is 12.7 Å². The molecule has 0 N–H and O–H groups in total. The molecular weight excluding hydrogens is 483 g/mol. The van der Waals surface area contributed by atoms with E-state index in [1.807, 2.05) is 18.2 Å². The smallest absolute Gasteiger partial charge is 0.302 e. The van der Waals surface area contributed by atoms with Gasteiger partial charge in [0.15, 0.2) is 0 Å². The molecule has 2 aromatic heterocycles. The fraction of sp³-hybridized carbons (Fsp3) is 0.0769. The highest BCUT2D eigenvalue weighted by Crippen LogP contribution is 2.35. The third kappa shape index (κ3) is 5.16. The Hall–Kier alpha value is -4.21.